The highest BCUT2D eigenvalue weighted by atomic mass is 35.5. The molecule has 0 spiro atoms. The number of phenolic OH excluding ortho intramolecular Hbond substituents is 1. The van der Waals surface area contributed by atoms with E-state index in [9.17, 15) is 20.3 Å². The molecule has 0 unspecified atom stereocenters. The fraction of sp³-hybridized carbons (Fsp3) is 0.538. The first kappa shape index (κ1) is 15.0. The van der Waals surface area contributed by atoms with Gasteiger partial charge in [-0.2, -0.15) is 0 Å². The third kappa shape index (κ3) is 3.39. The van der Waals surface area contributed by atoms with Gasteiger partial charge in [-0.1, -0.05) is 24.4 Å². The lowest BCUT2D eigenvalue weighted by atomic mass is 10.0. The summed E-state index contributed by atoms with van der Waals surface area (Å²) in [5, 5.41) is 34.0. The van der Waals surface area contributed by atoms with Crippen molar-refractivity contribution in [1.82, 2.24) is 5.32 Å². The number of nitro benzene ring substituents is 1. The van der Waals surface area contributed by atoms with E-state index in [0.29, 0.717) is 12.1 Å². The minimum atomic E-state index is -0.708. The van der Waals surface area contributed by atoms with Gasteiger partial charge in [-0.15, -0.1) is 0 Å². The molecule has 0 saturated heterocycles. The number of nitrogens with one attached hydrogen (secondary N) is 1. The third-order valence-electron chi connectivity index (χ3n) is 3.63. The molecular weight excluding hydrogens is 284 g/mol. The van der Waals surface area contributed by atoms with Gasteiger partial charge in [-0.3, -0.25) is 10.1 Å². The van der Waals surface area contributed by atoms with Gasteiger partial charge in [-0.05, 0) is 18.9 Å². The number of halogens is 1. The summed E-state index contributed by atoms with van der Waals surface area (Å²) >= 11 is 5.81. The largest absolute Gasteiger partial charge is 0.502 e. The predicted molar refractivity (Wildman–Crippen MR) is 74.9 cm³/mol. The highest BCUT2D eigenvalue weighted by molar-refractivity contribution is 6.31. The van der Waals surface area contributed by atoms with Crippen LogP contribution >= 0.6 is 11.6 Å². The zero-order chi connectivity index (χ0) is 14.8. The van der Waals surface area contributed by atoms with E-state index in [1.54, 1.807) is 0 Å². The molecule has 1 aliphatic carbocycles. The Morgan fingerprint density at radius 2 is 2.05 bits per heavy atom. The SMILES string of the molecule is O=[N+]([O-])c1cc(Cl)cc(CNCC2(O)CCCC2)c1O. The molecular formula is C13H17ClN2O4. The van der Waals surface area contributed by atoms with Crippen LogP contribution in [-0.4, -0.2) is 27.3 Å². The van der Waals surface area contributed by atoms with Gasteiger partial charge in [0.2, 0.25) is 0 Å². The van der Waals surface area contributed by atoms with Gasteiger partial charge in [0.05, 0.1) is 10.5 Å². The molecule has 0 radical (unpaired) electrons. The second-order valence-electron chi connectivity index (χ2n) is 5.22. The van der Waals surface area contributed by atoms with Crippen LogP contribution in [0.4, 0.5) is 5.69 Å². The van der Waals surface area contributed by atoms with Gasteiger partial charge in [-0.25, -0.2) is 0 Å². The lowest BCUT2D eigenvalue weighted by Gasteiger charge is -2.22. The molecule has 1 fully saturated rings. The standard InChI is InChI=1S/C13H17ClN2O4/c14-10-5-9(12(17)11(6-10)16(19)20)7-15-8-13(18)3-1-2-4-13/h5-6,15,17-18H,1-4,7-8H2. The predicted octanol–water partition coefficient (Wildman–Crippen LogP) is 2.35. The van der Waals surface area contributed by atoms with Crippen LogP contribution in [0.2, 0.25) is 5.02 Å². The van der Waals surface area contributed by atoms with Gasteiger partial charge in [0.1, 0.15) is 0 Å². The number of hydrogen-bond donors (Lipinski definition) is 3. The van der Waals surface area contributed by atoms with E-state index in [-0.39, 0.29) is 17.3 Å². The molecule has 1 aromatic rings. The Bertz CT molecular complexity index is 515. The number of nitrogens with zero attached hydrogens (tertiary/aromatic N) is 1. The van der Waals surface area contributed by atoms with Crippen molar-refractivity contribution in [2.45, 2.75) is 37.8 Å². The Morgan fingerprint density at radius 3 is 2.65 bits per heavy atom. The van der Waals surface area contributed by atoms with E-state index in [4.69, 9.17) is 11.6 Å². The Kier molecular flexibility index (Phi) is 4.47. The molecule has 3 N–H and O–H groups in total. The van der Waals surface area contributed by atoms with E-state index in [2.05, 4.69) is 5.32 Å². The zero-order valence-electron chi connectivity index (χ0n) is 10.9. The molecule has 0 amide bonds. The summed E-state index contributed by atoms with van der Waals surface area (Å²) in [6.45, 7) is 0.613. The summed E-state index contributed by atoms with van der Waals surface area (Å²) in [4.78, 5) is 10.1. The molecule has 0 aliphatic heterocycles. The molecule has 0 bridgehead atoms. The van der Waals surface area contributed by atoms with Crippen LogP contribution in [0.1, 0.15) is 31.2 Å². The maximum absolute atomic E-state index is 10.8. The smallest absolute Gasteiger partial charge is 0.312 e. The van der Waals surface area contributed by atoms with E-state index in [1.807, 2.05) is 0 Å². The second-order valence-corrected chi connectivity index (χ2v) is 5.66. The Labute approximate surface area is 121 Å². The molecule has 20 heavy (non-hydrogen) atoms. The number of hydrogen-bond acceptors (Lipinski definition) is 5. The van der Waals surface area contributed by atoms with Crippen molar-refractivity contribution in [2.24, 2.45) is 0 Å². The van der Waals surface area contributed by atoms with Crippen molar-refractivity contribution in [1.29, 1.82) is 0 Å². The number of rotatable bonds is 5. The van der Waals surface area contributed by atoms with Gasteiger partial charge in [0, 0.05) is 29.7 Å². The second kappa shape index (κ2) is 5.95. The fourth-order valence-electron chi connectivity index (χ4n) is 2.55. The first-order valence-corrected chi connectivity index (χ1v) is 6.88. The van der Waals surface area contributed by atoms with Crippen molar-refractivity contribution in [2.75, 3.05) is 6.54 Å². The van der Waals surface area contributed by atoms with Crippen LogP contribution in [0.25, 0.3) is 0 Å². The normalized spacial score (nSPS) is 17.3. The number of aromatic hydroxyl groups is 1. The molecule has 0 heterocycles. The van der Waals surface area contributed by atoms with Crippen LogP contribution in [0.15, 0.2) is 12.1 Å². The minimum Gasteiger partial charge on any atom is -0.502 e. The molecule has 0 aromatic heterocycles. The fourth-order valence-corrected chi connectivity index (χ4v) is 2.79. The van der Waals surface area contributed by atoms with Crippen LogP contribution in [0.3, 0.4) is 0 Å². The van der Waals surface area contributed by atoms with Crippen molar-refractivity contribution in [3.63, 3.8) is 0 Å². The highest BCUT2D eigenvalue weighted by Gasteiger charge is 2.30. The van der Waals surface area contributed by atoms with E-state index >= 15 is 0 Å². The van der Waals surface area contributed by atoms with Crippen LogP contribution in [0.5, 0.6) is 5.75 Å². The molecule has 7 heteroatoms. The third-order valence-corrected chi connectivity index (χ3v) is 3.85. The number of aliphatic hydroxyl groups is 1. The Balaban J connectivity index is 2.04. The maximum atomic E-state index is 10.8. The summed E-state index contributed by atoms with van der Waals surface area (Å²) in [5.41, 5.74) is -0.764. The summed E-state index contributed by atoms with van der Waals surface area (Å²) in [7, 11) is 0. The van der Waals surface area contributed by atoms with Crippen molar-refractivity contribution in [3.05, 3.63) is 32.8 Å². The first-order valence-electron chi connectivity index (χ1n) is 6.50. The summed E-state index contributed by atoms with van der Waals surface area (Å²) < 4.78 is 0. The average Bonchev–Trinajstić information content (AvgIpc) is 2.80. The van der Waals surface area contributed by atoms with Crippen LogP contribution < -0.4 is 5.32 Å². The number of nitro groups is 1. The molecule has 1 aliphatic rings. The van der Waals surface area contributed by atoms with E-state index in [0.717, 1.165) is 31.7 Å². The number of benzene rings is 1. The lowest BCUT2D eigenvalue weighted by Crippen LogP contribution is -2.37. The van der Waals surface area contributed by atoms with Crippen molar-refractivity contribution >= 4 is 17.3 Å². The van der Waals surface area contributed by atoms with Gasteiger partial charge in [0.15, 0.2) is 5.75 Å². The summed E-state index contributed by atoms with van der Waals surface area (Å²) in [6, 6.07) is 2.60. The lowest BCUT2D eigenvalue weighted by molar-refractivity contribution is -0.385. The van der Waals surface area contributed by atoms with Gasteiger partial charge in [0.25, 0.3) is 0 Å². The highest BCUT2D eigenvalue weighted by Crippen LogP contribution is 2.33. The molecule has 6 nitrogen and oxygen atoms in total. The average molecular weight is 301 g/mol. The summed E-state index contributed by atoms with van der Waals surface area (Å²) in [5.74, 6) is -0.384. The van der Waals surface area contributed by atoms with Gasteiger partial charge < -0.3 is 15.5 Å². The topological polar surface area (TPSA) is 95.6 Å². The van der Waals surface area contributed by atoms with E-state index in [1.165, 1.54) is 6.07 Å². The molecule has 110 valence electrons. The van der Waals surface area contributed by atoms with Crippen molar-refractivity contribution < 1.29 is 15.1 Å². The number of phenols is 1. The Hall–Kier alpha value is -1.37. The first-order chi connectivity index (χ1) is 9.41. The Morgan fingerprint density at radius 1 is 1.40 bits per heavy atom. The monoisotopic (exact) mass is 300 g/mol. The zero-order valence-corrected chi connectivity index (χ0v) is 11.7. The van der Waals surface area contributed by atoms with Crippen LogP contribution in [0, 0.1) is 10.1 Å². The van der Waals surface area contributed by atoms with Crippen molar-refractivity contribution in [3.8, 4) is 5.75 Å². The molecule has 0 atom stereocenters. The summed E-state index contributed by atoms with van der Waals surface area (Å²) in [6.07, 6.45) is 3.52. The minimum absolute atomic E-state index is 0.200. The van der Waals surface area contributed by atoms with Crippen LogP contribution in [-0.2, 0) is 6.54 Å². The van der Waals surface area contributed by atoms with E-state index < -0.39 is 16.2 Å². The van der Waals surface area contributed by atoms with Gasteiger partial charge >= 0.3 is 5.69 Å². The maximum Gasteiger partial charge on any atom is 0.312 e. The molecule has 2 rings (SSSR count). The molecule has 1 saturated carbocycles. The quantitative estimate of drug-likeness (QED) is 0.573. The molecule has 1 aromatic carbocycles.